The molecule has 3 saturated carbocycles. The Morgan fingerprint density at radius 3 is 1.70 bits per heavy atom. The molecule has 1 aromatic rings. The third kappa shape index (κ3) is 11.5. The summed E-state index contributed by atoms with van der Waals surface area (Å²) in [5.41, 5.74) is 0. The third-order valence-electron chi connectivity index (χ3n) is 10.6. The molecule has 43 heavy (non-hydrogen) atoms. The largest absolute Gasteiger partial charge is 0.426 e. The maximum Gasteiger partial charge on any atom is 0.314 e. The van der Waals surface area contributed by atoms with Crippen molar-refractivity contribution in [3.05, 3.63) is 24.3 Å². The summed E-state index contributed by atoms with van der Waals surface area (Å²) >= 11 is 0. The zero-order valence-corrected chi connectivity index (χ0v) is 26.8. The average Bonchev–Trinajstić information content (AvgIpc) is 3.04. The first-order valence-corrected chi connectivity index (χ1v) is 17.8. The van der Waals surface area contributed by atoms with Crippen molar-refractivity contribution in [1.82, 2.24) is 0 Å². The topological polar surface area (TPSA) is 82.1 Å². The Labute approximate surface area is 260 Å². The second-order valence-corrected chi connectivity index (χ2v) is 13.7. The average molecular weight is 599 g/mol. The predicted octanol–water partition coefficient (Wildman–Crippen LogP) is 8.82. The molecule has 0 saturated heterocycles. The minimum Gasteiger partial charge on any atom is -0.426 e. The molecule has 4 rings (SSSR count). The monoisotopic (exact) mass is 598 g/mol. The van der Waals surface area contributed by atoms with E-state index in [0.717, 1.165) is 101 Å². The summed E-state index contributed by atoms with van der Waals surface area (Å²) in [4.78, 5) is 25.7. The van der Waals surface area contributed by atoms with E-state index in [4.69, 9.17) is 19.3 Å². The van der Waals surface area contributed by atoms with E-state index in [2.05, 4.69) is 6.92 Å². The zero-order valence-electron chi connectivity index (χ0n) is 26.8. The van der Waals surface area contributed by atoms with Gasteiger partial charge in [0.1, 0.15) is 11.5 Å². The highest BCUT2D eigenvalue weighted by Gasteiger charge is 2.34. The lowest BCUT2D eigenvalue weighted by atomic mass is 9.68. The van der Waals surface area contributed by atoms with Gasteiger partial charge in [-0.2, -0.15) is 0 Å². The van der Waals surface area contributed by atoms with Gasteiger partial charge in [-0.3, -0.25) is 9.59 Å². The zero-order chi connectivity index (χ0) is 30.3. The van der Waals surface area contributed by atoms with Crippen LogP contribution in [0.3, 0.4) is 0 Å². The molecular weight excluding hydrogens is 540 g/mol. The minimum atomic E-state index is -0.186. The number of hydrogen-bond donors (Lipinski definition) is 1. The SMILES string of the molecule is CCCCCC1CCC(C2CCC(C(=O)Oc3ccc(OC(=O)C4CCC(OCCCCCCO)CC4)cc3)CC2)CC1. The summed E-state index contributed by atoms with van der Waals surface area (Å²) in [6.07, 6.45) is 22.9. The van der Waals surface area contributed by atoms with E-state index in [1.54, 1.807) is 24.3 Å². The smallest absolute Gasteiger partial charge is 0.314 e. The minimum absolute atomic E-state index is 0.00972. The van der Waals surface area contributed by atoms with Crippen LogP contribution >= 0.6 is 0 Å². The second-order valence-electron chi connectivity index (χ2n) is 13.7. The van der Waals surface area contributed by atoms with Crippen LogP contribution in [0, 0.1) is 29.6 Å². The summed E-state index contributed by atoms with van der Waals surface area (Å²) in [5.74, 6) is 3.19. The first-order chi connectivity index (χ1) is 21.1. The fraction of sp³-hybridized carbons (Fsp3) is 0.784. The van der Waals surface area contributed by atoms with Gasteiger partial charge < -0.3 is 19.3 Å². The molecule has 0 unspecified atom stereocenters. The normalized spacial score (nSPS) is 27.9. The summed E-state index contributed by atoms with van der Waals surface area (Å²) in [6.45, 7) is 3.30. The van der Waals surface area contributed by atoms with E-state index in [-0.39, 0.29) is 36.5 Å². The Hall–Kier alpha value is -1.92. The van der Waals surface area contributed by atoms with Gasteiger partial charge >= 0.3 is 11.9 Å². The van der Waals surface area contributed by atoms with E-state index < -0.39 is 0 Å². The van der Waals surface area contributed by atoms with Crippen LogP contribution in [0.25, 0.3) is 0 Å². The molecule has 0 spiro atoms. The van der Waals surface area contributed by atoms with Crippen molar-refractivity contribution in [3.63, 3.8) is 0 Å². The molecule has 3 aliphatic carbocycles. The lowest BCUT2D eigenvalue weighted by molar-refractivity contribution is -0.142. The molecule has 0 heterocycles. The van der Waals surface area contributed by atoms with Crippen molar-refractivity contribution in [3.8, 4) is 11.5 Å². The summed E-state index contributed by atoms with van der Waals surface area (Å²) < 4.78 is 17.4. The van der Waals surface area contributed by atoms with Gasteiger partial charge in [0.2, 0.25) is 0 Å². The molecule has 3 fully saturated rings. The van der Waals surface area contributed by atoms with Gasteiger partial charge in [-0.25, -0.2) is 0 Å². The first-order valence-electron chi connectivity index (χ1n) is 17.8. The fourth-order valence-corrected chi connectivity index (χ4v) is 7.71. The molecule has 0 aliphatic heterocycles. The van der Waals surface area contributed by atoms with Gasteiger partial charge in [0.25, 0.3) is 0 Å². The maximum atomic E-state index is 12.9. The van der Waals surface area contributed by atoms with Gasteiger partial charge in [0, 0.05) is 13.2 Å². The van der Waals surface area contributed by atoms with Crippen LogP contribution in [0.15, 0.2) is 24.3 Å². The Balaban J connectivity index is 1.09. The summed E-state index contributed by atoms with van der Waals surface area (Å²) in [6, 6.07) is 6.91. The number of esters is 2. The van der Waals surface area contributed by atoms with Gasteiger partial charge in [-0.1, -0.05) is 58.3 Å². The summed E-state index contributed by atoms with van der Waals surface area (Å²) in [5, 5.41) is 8.85. The van der Waals surface area contributed by atoms with E-state index in [1.165, 1.54) is 51.4 Å². The number of rotatable bonds is 16. The molecule has 0 bridgehead atoms. The number of carbonyl (C=O) groups excluding carboxylic acids is 2. The molecule has 1 aromatic carbocycles. The Kier molecular flexibility index (Phi) is 14.8. The van der Waals surface area contributed by atoms with Crippen molar-refractivity contribution < 1.29 is 28.9 Å². The highest BCUT2D eigenvalue weighted by molar-refractivity contribution is 5.76. The Morgan fingerprint density at radius 1 is 0.651 bits per heavy atom. The standard InChI is InChI=1S/C37H58O6/c1-2-3-6-9-28-10-12-29(13-11-28)30-14-16-31(17-15-30)36(39)42-34-22-24-35(25-23-34)43-37(40)32-18-20-33(21-19-32)41-27-8-5-4-7-26-38/h22-25,28-33,38H,2-21,26-27H2,1H3. The highest BCUT2D eigenvalue weighted by atomic mass is 16.5. The highest BCUT2D eigenvalue weighted by Crippen LogP contribution is 2.42. The van der Waals surface area contributed by atoms with Crippen LogP contribution in [0.4, 0.5) is 0 Å². The maximum absolute atomic E-state index is 12.9. The van der Waals surface area contributed by atoms with Crippen molar-refractivity contribution in [2.75, 3.05) is 13.2 Å². The van der Waals surface area contributed by atoms with Gasteiger partial charge in [0.15, 0.2) is 0 Å². The number of aliphatic hydroxyl groups excluding tert-OH is 1. The molecule has 0 radical (unpaired) electrons. The Morgan fingerprint density at radius 2 is 1.16 bits per heavy atom. The number of ether oxygens (including phenoxy) is 3. The molecule has 0 atom stereocenters. The molecule has 242 valence electrons. The van der Waals surface area contributed by atoms with E-state index in [1.807, 2.05) is 0 Å². The molecule has 6 heteroatoms. The van der Waals surface area contributed by atoms with Gasteiger partial charge in [0.05, 0.1) is 17.9 Å². The third-order valence-corrected chi connectivity index (χ3v) is 10.6. The number of benzene rings is 1. The van der Waals surface area contributed by atoms with Gasteiger partial charge in [-0.05, 0) is 119 Å². The van der Waals surface area contributed by atoms with Crippen LogP contribution in [0.1, 0.15) is 135 Å². The van der Waals surface area contributed by atoms with Crippen LogP contribution in [-0.4, -0.2) is 36.4 Å². The number of unbranched alkanes of at least 4 members (excludes halogenated alkanes) is 5. The van der Waals surface area contributed by atoms with Crippen molar-refractivity contribution in [2.45, 2.75) is 141 Å². The van der Waals surface area contributed by atoms with Crippen molar-refractivity contribution >= 4 is 11.9 Å². The molecule has 1 N–H and O–H groups in total. The fourth-order valence-electron chi connectivity index (χ4n) is 7.71. The quantitative estimate of drug-likeness (QED) is 0.116. The number of carbonyl (C=O) groups is 2. The van der Waals surface area contributed by atoms with Crippen LogP contribution in [0.2, 0.25) is 0 Å². The Bertz CT molecular complexity index is 921. The lowest BCUT2D eigenvalue weighted by Crippen LogP contribution is -2.30. The molecule has 0 aromatic heterocycles. The first kappa shape index (κ1) is 34.0. The lowest BCUT2D eigenvalue weighted by Gasteiger charge is -2.37. The van der Waals surface area contributed by atoms with E-state index >= 15 is 0 Å². The summed E-state index contributed by atoms with van der Waals surface area (Å²) in [7, 11) is 0. The van der Waals surface area contributed by atoms with Crippen LogP contribution in [0.5, 0.6) is 11.5 Å². The number of aliphatic hydroxyl groups is 1. The van der Waals surface area contributed by atoms with Crippen molar-refractivity contribution in [2.24, 2.45) is 29.6 Å². The van der Waals surface area contributed by atoms with Crippen LogP contribution in [-0.2, 0) is 14.3 Å². The van der Waals surface area contributed by atoms with E-state index in [0.29, 0.717) is 11.5 Å². The van der Waals surface area contributed by atoms with Gasteiger partial charge in [-0.15, -0.1) is 0 Å². The van der Waals surface area contributed by atoms with Crippen LogP contribution < -0.4 is 9.47 Å². The molecular formula is C37H58O6. The molecule has 6 nitrogen and oxygen atoms in total. The van der Waals surface area contributed by atoms with E-state index in [9.17, 15) is 9.59 Å². The predicted molar refractivity (Wildman–Crippen MR) is 170 cm³/mol. The molecule has 3 aliphatic rings. The second kappa shape index (κ2) is 18.8. The number of hydrogen-bond acceptors (Lipinski definition) is 6. The molecule has 0 amide bonds. The van der Waals surface area contributed by atoms with Crippen molar-refractivity contribution in [1.29, 1.82) is 0 Å².